The van der Waals surface area contributed by atoms with Crippen molar-refractivity contribution in [2.24, 2.45) is 5.92 Å². The second-order valence-corrected chi connectivity index (χ2v) is 8.06. The first-order chi connectivity index (χ1) is 14.0. The quantitative estimate of drug-likeness (QED) is 0.400. The number of hydrogen-bond donors (Lipinski definition) is 2. The van der Waals surface area contributed by atoms with Gasteiger partial charge in [0, 0.05) is 28.0 Å². The largest absolute Gasteiger partial charge is 0.355 e. The smallest absolute Gasteiger partial charge is 0.227 e. The van der Waals surface area contributed by atoms with E-state index in [0.29, 0.717) is 5.02 Å². The second kappa shape index (κ2) is 9.80. The second-order valence-electron chi connectivity index (χ2n) is 7.63. The van der Waals surface area contributed by atoms with Crippen LogP contribution in [0.15, 0.2) is 54.6 Å². The fourth-order valence-corrected chi connectivity index (χ4v) is 3.96. The number of fused-ring (bicyclic) bond motifs is 1. The highest BCUT2D eigenvalue weighted by Crippen LogP contribution is 2.29. The molecule has 29 heavy (non-hydrogen) atoms. The zero-order valence-corrected chi connectivity index (χ0v) is 18.1. The van der Waals surface area contributed by atoms with Gasteiger partial charge in [-0.3, -0.25) is 4.79 Å². The van der Waals surface area contributed by atoms with Gasteiger partial charge in [-0.1, -0.05) is 50.4 Å². The van der Waals surface area contributed by atoms with E-state index in [2.05, 4.69) is 55.7 Å². The molecular weight excluding hydrogens is 380 g/mol. The average molecular weight is 409 g/mol. The van der Waals surface area contributed by atoms with Gasteiger partial charge in [-0.15, -0.1) is 0 Å². The molecule has 0 unspecified atom stereocenters. The van der Waals surface area contributed by atoms with Crippen molar-refractivity contribution in [3.8, 4) is 0 Å². The Balaban J connectivity index is 1.81. The van der Waals surface area contributed by atoms with Gasteiger partial charge in [0.25, 0.3) is 0 Å². The van der Waals surface area contributed by atoms with Gasteiger partial charge in [0.2, 0.25) is 5.91 Å². The van der Waals surface area contributed by atoms with Crippen LogP contribution in [0.2, 0.25) is 5.02 Å². The summed E-state index contributed by atoms with van der Waals surface area (Å²) in [6, 6.07) is 18.0. The summed E-state index contributed by atoms with van der Waals surface area (Å²) < 4.78 is 0. The van der Waals surface area contributed by atoms with Crippen molar-refractivity contribution in [1.29, 1.82) is 0 Å². The Morgan fingerprint density at radius 2 is 1.69 bits per heavy atom. The topological polar surface area (TPSA) is 41.1 Å². The Kier molecular flexibility index (Phi) is 7.16. The van der Waals surface area contributed by atoms with E-state index in [4.69, 9.17) is 11.6 Å². The first kappa shape index (κ1) is 21.2. The number of halogens is 1. The molecule has 0 heterocycles. The number of rotatable bonds is 8. The van der Waals surface area contributed by atoms with Gasteiger partial charge in [0.15, 0.2) is 0 Å². The first-order valence-electron chi connectivity index (χ1n) is 10.4. The van der Waals surface area contributed by atoms with E-state index >= 15 is 0 Å². The van der Waals surface area contributed by atoms with Gasteiger partial charge < -0.3 is 10.6 Å². The van der Waals surface area contributed by atoms with Gasteiger partial charge >= 0.3 is 0 Å². The molecule has 0 bridgehead atoms. The van der Waals surface area contributed by atoms with Crippen molar-refractivity contribution >= 4 is 45.3 Å². The van der Waals surface area contributed by atoms with Crippen LogP contribution in [0, 0.1) is 12.8 Å². The molecule has 4 heteroatoms. The fraction of sp³-hybridized carbons (Fsp3) is 0.320. The highest BCUT2D eigenvalue weighted by atomic mass is 35.5. The lowest BCUT2D eigenvalue weighted by Gasteiger charge is -2.16. The van der Waals surface area contributed by atoms with E-state index in [1.54, 1.807) is 0 Å². The summed E-state index contributed by atoms with van der Waals surface area (Å²) in [5.74, 6) is 0.219. The highest BCUT2D eigenvalue weighted by molar-refractivity contribution is 6.30. The number of amides is 1. The van der Waals surface area contributed by atoms with E-state index in [9.17, 15) is 4.79 Å². The summed E-state index contributed by atoms with van der Waals surface area (Å²) in [6.07, 6.45) is 3.92. The summed E-state index contributed by atoms with van der Waals surface area (Å²) >= 11 is 6.08. The van der Waals surface area contributed by atoms with E-state index in [-0.39, 0.29) is 11.8 Å². The summed E-state index contributed by atoms with van der Waals surface area (Å²) in [5.41, 5.74) is 3.98. The molecule has 0 aromatic heterocycles. The van der Waals surface area contributed by atoms with Gasteiger partial charge in [-0.05, 0) is 78.6 Å². The number of hydrogen-bond acceptors (Lipinski definition) is 2. The Bertz CT molecular complexity index is 993. The molecule has 3 nitrogen and oxygen atoms in total. The molecule has 0 aliphatic heterocycles. The van der Waals surface area contributed by atoms with Gasteiger partial charge in [0.1, 0.15) is 0 Å². The van der Waals surface area contributed by atoms with Crippen LogP contribution in [0.25, 0.3) is 10.8 Å². The van der Waals surface area contributed by atoms with Crippen LogP contribution in [-0.2, 0) is 4.79 Å². The van der Waals surface area contributed by atoms with Crippen molar-refractivity contribution in [2.75, 3.05) is 10.6 Å². The molecule has 1 amide bonds. The Morgan fingerprint density at radius 1 is 0.931 bits per heavy atom. The molecule has 0 radical (unpaired) electrons. The minimum Gasteiger partial charge on any atom is -0.355 e. The van der Waals surface area contributed by atoms with Crippen LogP contribution in [0.5, 0.6) is 0 Å². The first-order valence-corrected chi connectivity index (χ1v) is 10.8. The zero-order valence-electron chi connectivity index (χ0n) is 17.4. The van der Waals surface area contributed by atoms with Crippen molar-refractivity contribution in [3.63, 3.8) is 0 Å². The third-order valence-corrected chi connectivity index (χ3v) is 5.42. The minimum atomic E-state index is 0.0890. The monoisotopic (exact) mass is 408 g/mol. The van der Waals surface area contributed by atoms with Crippen molar-refractivity contribution in [1.82, 2.24) is 0 Å². The molecule has 2 N–H and O–H groups in total. The van der Waals surface area contributed by atoms with Gasteiger partial charge in [0.05, 0.1) is 0 Å². The SMILES string of the molecule is CCCC(CCC)C(=O)Nc1ccc2cc(Nc3cccc(Cl)c3)cc(C)c2c1. The highest BCUT2D eigenvalue weighted by Gasteiger charge is 2.17. The summed E-state index contributed by atoms with van der Waals surface area (Å²) in [6.45, 7) is 6.35. The van der Waals surface area contributed by atoms with Crippen LogP contribution in [0.4, 0.5) is 17.1 Å². The number of benzene rings is 3. The van der Waals surface area contributed by atoms with Gasteiger partial charge in [-0.25, -0.2) is 0 Å². The Morgan fingerprint density at radius 3 is 2.38 bits per heavy atom. The Labute approximate surface area is 178 Å². The number of carbonyl (C=O) groups excluding carboxylic acids is 1. The molecule has 0 aliphatic rings. The maximum Gasteiger partial charge on any atom is 0.227 e. The molecule has 0 aliphatic carbocycles. The van der Waals surface area contributed by atoms with Crippen LogP contribution in [0.3, 0.4) is 0 Å². The summed E-state index contributed by atoms with van der Waals surface area (Å²) in [5, 5.41) is 9.51. The summed E-state index contributed by atoms with van der Waals surface area (Å²) in [7, 11) is 0. The normalized spacial score (nSPS) is 11.1. The van der Waals surface area contributed by atoms with Crippen LogP contribution in [-0.4, -0.2) is 5.91 Å². The third-order valence-electron chi connectivity index (χ3n) is 5.19. The molecule has 0 saturated heterocycles. The fourth-order valence-electron chi connectivity index (χ4n) is 3.77. The van der Waals surface area contributed by atoms with Crippen LogP contribution >= 0.6 is 11.6 Å². The molecule has 0 spiro atoms. The van der Waals surface area contributed by atoms with Gasteiger partial charge in [-0.2, -0.15) is 0 Å². The van der Waals surface area contributed by atoms with Crippen LogP contribution < -0.4 is 10.6 Å². The Hall–Kier alpha value is -2.52. The minimum absolute atomic E-state index is 0.0890. The number of nitrogens with one attached hydrogen (secondary N) is 2. The maximum atomic E-state index is 12.7. The van der Waals surface area contributed by atoms with E-state index in [0.717, 1.165) is 59.1 Å². The molecule has 3 aromatic rings. The number of anilines is 3. The standard InChI is InChI=1S/C25H29ClN2O/c1-4-7-18(8-5-2)25(29)28-22-12-11-19-14-23(13-17(3)24(19)16-22)27-21-10-6-9-20(26)15-21/h6,9-16,18,27H,4-5,7-8H2,1-3H3,(H,28,29). The van der Waals surface area contributed by atoms with Crippen molar-refractivity contribution in [2.45, 2.75) is 46.5 Å². The lowest BCUT2D eigenvalue weighted by Crippen LogP contribution is -2.22. The third kappa shape index (κ3) is 5.51. The molecule has 0 saturated carbocycles. The molecule has 3 aromatic carbocycles. The molecule has 3 rings (SSSR count). The average Bonchev–Trinajstić information content (AvgIpc) is 2.68. The predicted octanol–water partition coefficient (Wildman–Crippen LogP) is 7.70. The van der Waals surface area contributed by atoms with Crippen LogP contribution in [0.1, 0.15) is 45.1 Å². The maximum absolute atomic E-state index is 12.7. The number of carbonyl (C=O) groups is 1. The molecule has 152 valence electrons. The van der Waals surface area contributed by atoms with E-state index in [1.807, 2.05) is 30.3 Å². The van der Waals surface area contributed by atoms with Crippen molar-refractivity contribution < 1.29 is 4.79 Å². The molecule has 0 atom stereocenters. The van der Waals surface area contributed by atoms with E-state index in [1.165, 1.54) is 0 Å². The molecule has 0 fully saturated rings. The lowest BCUT2D eigenvalue weighted by molar-refractivity contribution is -0.120. The summed E-state index contributed by atoms with van der Waals surface area (Å²) in [4.78, 5) is 12.7. The number of aryl methyl sites for hydroxylation is 1. The zero-order chi connectivity index (χ0) is 20.8. The predicted molar refractivity (Wildman–Crippen MR) is 125 cm³/mol. The molecular formula is C25H29ClN2O. The van der Waals surface area contributed by atoms with Crippen molar-refractivity contribution in [3.05, 3.63) is 65.2 Å². The lowest BCUT2D eigenvalue weighted by atomic mass is 9.97. The van der Waals surface area contributed by atoms with E-state index < -0.39 is 0 Å².